The third-order valence-corrected chi connectivity index (χ3v) is 10.5. The van der Waals surface area contributed by atoms with Gasteiger partial charge in [0.05, 0.1) is 0 Å². The second-order valence-corrected chi connectivity index (χ2v) is 13.9. The summed E-state index contributed by atoms with van der Waals surface area (Å²) in [4.78, 5) is 7.46. The molecular weight excluding hydrogens is 657 g/mol. The van der Waals surface area contributed by atoms with Crippen LogP contribution >= 0.6 is 0 Å². The lowest BCUT2D eigenvalue weighted by molar-refractivity contribution is 0.618. The second-order valence-electron chi connectivity index (χ2n) is 13.9. The molecule has 0 radical (unpaired) electrons. The van der Waals surface area contributed by atoms with Crippen LogP contribution in [0.15, 0.2) is 192 Å². The van der Waals surface area contributed by atoms with Crippen molar-refractivity contribution in [1.29, 1.82) is 0 Å². The van der Waals surface area contributed by atoms with Gasteiger partial charge in [0.25, 0.3) is 0 Å². The Hall–Kier alpha value is -6.97. The summed E-state index contributed by atoms with van der Waals surface area (Å²) in [7, 11) is 0. The molecular formula is C51H36N2O. The van der Waals surface area contributed by atoms with Crippen LogP contribution < -0.4 is 4.90 Å². The van der Waals surface area contributed by atoms with Gasteiger partial charge in [-0.1, -0.05) is 133 Å². The van der Waals surface area contributed by atoms with Crippen LogP contribution in [0.1, 0.15) is 17.5 Å². The van der Waals surface area contributed by atoms with Gasteiger partial charge >= 0.3 is 0 Å². The molecule has 0 unspecified atom stereocenters. The number of nitrogens with zero attached hydrogens (tertiary/aromatic N) is 2. The molecule has 0 amide bonds. The number of hydrogen-bond acceptors (Lipinski definition) is 3. The molecule has 1 aliphatic carbocycles. The number of benzene rings is 8. The Morgan fingerprint density at radius 2 is 1.06 bits per heavy atom. The van der Waals surface area contributed by atoms with Gasteiger partial charge in [-0.3, -0.25) is 0 Å². The predicted molar refractivity (Wildman–Crippen MR) is 225 cm³/mol. The van der Waals surface area contributed by atoms with Crippen molar-refractivity contribution in [2.24, 2.45) is 0 Å². The van der Waals surface area contributed by atoms with Gasteiger partial charge in [0, 0.05) is 33.8 Å². The van der Waals surface area contributed by atoms with Crippen LogP contribution in [0.4, 0.5) is 17.1 Å². The Morgan fingerprint density at radius 1 is 0.463 bits per heavy atom. The van der Waals surface area contributed by atoms with Gasteiger partial charge in [-0.15, -0.1) is 0 Å². The molecule has 3 nitrogen and oxygen atoms in total. The van der Waals surface area contributed by atoms with Crippen molar-refractivity contribution in [2.45, 2.75) is 12.8 Å². The topological polar surface area (TPSA) is 29.3 Å². The van der Waals surface area contributed by atoms with Gasteiger partial charge in [0.1, 0.15) is 5.52 Å². The van der Waals surface area contributed by atoms with Crippen LogP contribution in [0.25, 0.3) is 72.8 Å². The Kier molecular flexibility index (Phi) is 7.96. The SMILES string of the molecule is C1=Cc2c(cc(-c3ccc4cc(N(c5ccc(-c6ccccc6)cc5)c5cccc(-c6ccccc6)c5)ccc4c3)c3nc(-c4ccccc4)oc23)CC1. The number of rotatable bonds is 7. The lowest BCUT2D eigenvalue weighted by atomic mass is 9.91. The van der Waals surface area contributed by atoms with Gasteiger partial charge < -0.3 is 9.32 Å². The highest BCUT2D eigenvalue weighted by atomic mass is 16.3. The minimum atomic E-state index is 0.651. The summed E-state index contributed by atoms with van der Waals surface area (Å²) in [6.07, 6.45) is 6.44. The highest BCUT2D eigenvalue weighted by Gasteiger charge is 2.21. The molecule has 8 aromatic carbocycles. The van der Waals surface area contributed by atoms with Gasteiger partial charge in [-0.25, -0.2) is 4.98 Å². The molecule has 1 heterocycles. The van der Waals surface area contributed by atoms with Crippen LogP contribution in [0.3, 0.4) is 0 Å². The minimum Gasteiger partial charge on any atom is -0.435 e. The third kappa shape index (κ3) is 5.86. The predicted octanol–water partition coefficient (Wildman–Crippen LogP) is 14.1. The van der Waals surface area contributed by atoms with Gasteiger partial charge in [-0.05, 0) is 118 Å². The molecule has 0 fully saturated rings. The number of anilines is 3. The molecule has 1 aliphatic rings. The molecule has 0 aliphatic heterocycles. The highest BCUT2D eigenvalue weighted by Crippen LogP contribution is 2.41. The van der Waals surface area contributed by atoms with E-state index in [2.05, 4.69) is 181 Å². The van der Waals surface area contributed by atoms with E-state index in [-0.39, 0.29) is 0 Å². The third-order valence-electron chi connectivity index (χ3n) is 10.5. The van der Waals surface area contributed by atoms with Crippen molar-refractivity contribution in [2.75, 3.05) is 4.90 Å². The molecule has 0 saturated heterocycles. The lowest BCUT2D eigenvalue weighted by Crippen LogP contribution is -2.10. The molecule has 9 aromatic rings. The maximum atomic E-state index is 6.53. The summed E-state index contributed by atoms with van der Waals surface area (Å²) < 4.78 is 6.53. The average Bonchev–Trinajstić information content (AvgIpc) is 3.71. The molecule has 0 bridgehead atoms. The molecule has 10 rings (SSSR count). The fourth-order valence-corrected chi connectivity index (χ4v) is 7.78. The molecule has 1 aromatic heterocycles. The lowest BCUT2D eigenvalue weighted by Gasteiger charge is -2.26. The molecule has 3 heteroatoms. The number of fused-ring (bicyclic) bond motifs is 4. The summed E-state index contributed by atoms with van der Waals surface area (Å²) in [5.41, 5.74) is 15.5. The van der Waals surface area contributed by atoms with E-state index in [4.69, 9.17) is 9.40 Å². The zero-order valence-corrected chi connectivity index (χ0v) is 29.7. The van der Waals surface area contributed by atoms with Crippen molar-refractivity contribution in [3.8, 4) is 44.8 Å². The quantitative estimate of drug-likeness (QED) is 0.166. The summed E-state index contributed by atoms with van der Waals surface area (Å²) in [5.74, 6) is 0.651. The van der Waals surface area contributed by atoms with Crippen LogP contribution in [-0.4, -0.2) is 4.98 Å². The van der Waals surface area contributed by atoms with E-state index < -0.39 is 0 Å². The number of allylic oxidation sites excluding steroid dienone is 1. The van der Waals surface area contributed by atoms with Gasteiger partial charge in [0.2, 0.25) is 5.89 Å². The van der Waals surface area contributed by atoms with Crippen LogP contribution in [0.2, 0.25) is 0 Å². The molecule has 0 N–H and O–H groups in total. The largest absolute Gasteiger partial charge is 0.435 e. The highest BCUT2D eigenvalue weighted by molar-refractivity contribution is 6.01. The molecule has 0 saturated carbocycles. The van der Waals surface area contributed by atoms with E-state index in [0.717, 1.165) is 63.3 Å². The van der Waals surface area contributed by atoms with Crippen molar-refractivity contribution in [3.05, 3.63) is 199 Å². The molecule has 0 spiro atoms. The first kappa shape index (κ1) is 31.7. The van der Waals surface area contributed by atoms with Crippen molar-refractivity contribution < 1.29 is 4.42 Å². The van der Waals surface area contributed by atoms with E-state index in [9.17, 15) is 0 Å². The van der Waals surface area contributed by atoms with E-state index in [1.807, 2.05) is 18.2 Å². The number of hydrogen-bond donors (Lipinski definition) is 0. The molecule has 54 heavy (non-hydrogen) atoms. The normalized spacial score (nSPS) is 12.2. The van der Waals surface area contributed by atoms with Crippen LogP contribution in [-0.2, 0) is 6.42 Å². The van der Waals surface area contributed by atoms with Crippen LogP contribution in [0.5, 0.6) is 0 Å². The fourth-order valence-electron chi connectivity index (χ4n) is 7.78. The second kappa shape index (κ2) is 13.5. The maximum absolute atomic E-state index is 6.53. The number of oxazole rings is 1. The zero-order valence-electron chi connectivity index (χ0n) is 29.7. The van der Waals surface area contributed by atoms with E-state index >= 15 is 0 Å². The summed E-state index contributed by atoms with van der Waals surface area (Å²) in [6.45, 7) is 0. The van der Waals surface area contributed by atoms with E-state index in [1.165, 1.54) is 38.6 Å². The Bertz CT molecular complexity index is 2800. The Balaban J connectivity index is 1.07. The van der Waals surface area contributed by atoms with Gasteiger partial charge in [0.15, 0.2) is 5.58 Å². The smallest absolute Gasteiger partial charge is 0.227 e. The van der Waals surface area contributed by atoms with Crippen molar-refractivity contribution >= 4 is 45.0 Å². The standard InChI is InChI=1S/C51H36N2O/c1-4-13-35(14-5-1)37-25-28-44(29-26-37)53(45-21-12-20-39(32-45)36-15-6-2-7-16-36)46-30-27-40-31-43(24-23-41(40)33-46)48-34-42-19-10-11-22-47(42)50-49(48)52-51(54-50)38-17-8-3-9-18-38/h1-9,11-18,20-34H,10,19H2. The Morgan fingerprint density at radius 3 is 1.81 bits per heavy atom. The molecule has 256 valence electrons. The van der Waals surface area contributed by atoms with Crippen LogP contribution in [0, 0.1) is 0 Å². The summed E-state index contributed by atoms with van der Waals surface area (Å²) >= 11 is 0. The first-order valence-corrected chi connectivity index (χ1v) is 18.6. The fraction of sp³-hybridized carbons (Fsp3) is 0.0392. The van der Waals surface area contributed by atoms with Gasteiger partial charge in [-0.2, -0.15) is 0 Å². The van der Waals surface area contributed by atoms with E-state index in [0.29, 0.717) is 5.89 Å². The summed E-state index contributed by atoms with van der Waals surface area (Å²) in [6, 6.07) is 64.9. The first-order chi connectivity index (χ1) is 26.7. The monoisotopic (exact) mass is 692 g/mol. The first-order valence-electron chi connectivity index (χ1n) is 18.6. The van der Waals surface area contributed by atoms with Crippen molar-refractivity contribution in [3.63, 3.8) is 0 Å². The Labute approximate surface area is 315 Å². The number of aromatic nitrogens is 1. The minimum absolute atomic E-state index is 0.651. The van der Waals surface area contributed by atoms with E-state index in [1.54, 1.807) is 0 Å². The molecule has 0 atom stereocenters. The summed E-state index contributed by atoms with van der Waals surface area (Å²) in [5, 5.41) is 2.34. The number of aryl methyl sites for hydroxylation is 1. The van der Waals surface area contributed by atoms with Crippen molar-refractivity contribution in [1.82, 2.24) is 4.98 Å². The zero-order chi connectivity index (χ0) is 35.8. The maximum Gasteiger partial charge on any atom is 0.227 e. The average molecular weight is 693 g/mol.